The Hall–Kier alpha value is -3.73. The third-order valence-electron chi connectivity index (χ3n) is 5.07. The van der Waals surface area contributed by atoms with E-state index in [0.717, 1.165) is 51.0 Å². The first kappa shape index (κ1) is 17.7. The predicted octanol–water partition coefficient (Wildman–Crippen LogP) is 3.60. The molecule has 1 heterocycles. The highest BCUT2D eigenvalue weighted by Crippen LogP contribution is 2.34. The SMILES string of the molecule is Cn1c(-c2ccc(N)cc2)c(-c2ccc(N)cc2)[n+](C)c1-c1ccc(N)cc1. The molecule has 0 aliphatic rings. The fraction of sp³-hybridized carbons (Fsp3) is 0.0870. The highest BCUT2D eigenvalue weighted by Gasteiger charge is 2.29. The minimum Gasteiger partial charge on any atom is -0.399 e. The van der Waals surface area contributed by atoms with Crippen molar-refractivity contribution in [2.24, 2.45) is 14.1 Å². The van der Waals surface area contributed by atoms with Gasteiger partial charge in [-0.1, -0.05) is 0 Å². The highest BCUT2D eigenvalue weighted by molar-refractivity contribution is 5.80. The summed E-state index contributed by atoms with van der Waals surface area (Å²) >= 11 is 0. The molecular formula is C23H24N5+. The maximum atomic E-state index is 5.91. The van der Waals surface area contributed by atoms with Crippen molar-refractivity contribution in [3.8, 4) is 33.9 Å². The molecule has 0 unspecified atom stereocenters. The number of benzene rings is 3. The first-order valence-electron chi connectivity index (χ1n) is 9.12. The lowest BCUT2D eigenvalue weighted by molar-refractivity contribution is -0.648. The summed E-state index contributed by atoms with van der Waals surface area (Å²) in [6, 6.07) is 23.9. The zero-order valence-electron chi connectivity index (χ0n) is 16.1. The molecule has 0 amide bonds. The Labute approximate surface area is 164 Å². The molecular weight excluding hydrogens is 346 g/mol. The van der Waals surface area contributed by atoms with Crippen LogP contribution in [0.1, 0.15) is 0 Å². The average Bonchev–Trinajstić information content (AvgIpc) is 2.94. The molecule has 0 radical (unpaired) electrons. The van der Waals surface area contributed by atoms with Gasteiger partial charge in [-0.2, -0.15) is 0 Å². The second kappa shape index (κ2) is 6.78. The second-order valence-corrected chi connectivity index (χ2v) is 7.00. The van der Waals surface area contributed by atoms with E-state index in [9.17, 15) is 0 Å². The molecule has 0 spiro atoms. The maximum absolute atomic E-state index is 5.91. The van der Waals surface area contributed by atoms with Crippen LogP contribution in [-0.2, 0) is 14.1 Å². The van der Waals surface area contributed by atoms with Gasteiger partial charge in [0.25, 0.3) is 5.82 Å². The van der Waals surface area contributed by atoms with Crippen LogP contribution < -0.4 is 21.8 Å². The predicted molar refractivity (Wildman–Crippen MR) is 116 cm³/mol. The summed E-state index contributed by atoms with van der Waals surface area (Å²) in [6.07, 6.45) is 0. The van der Waals surface area contributed by atoms with Gasteiger partial charge in [-0.05, 0) is 72.8 Å². The van der Waals surface area contributed by atoms with Gasteiger partial charge in [0.05, 0.1) is 19.7 Å². The van der Waals surface area contributed by atoms with E-state index in [1.165, 1.54) is 0 Å². The summed E-state index contributed by atoms with van der Waals surface area (Å²) in [6.45, 7) is 0. The van der Waals surface area contributed by atoms with E-state index in [4.69, 9.17) is 17.2 Å². The largest absolute Gasteiger partial charge is 0.399 e. The number of nitrogens with zero attached hydrogens (tertiary/aromatic N) is 2. The molecule has 0 aliphatic carbocycles. The highest BCUT2D eigenvalue weighted by atomic mass is 15.2. The van der Waals surface area contributed by atoms with Crippen LogP contribution in [0.25, 0.3) is 33.9 Å². The molecule has 6 N–H and O–H groups in total. The van der Waals surface area contributed by atoms with Gasteiger partial charge in [0.2, 0.25) is 0 Å². The fourth-order valence-corrected chi connectivity index (χ4v) is 3.72. The van der Waals surface area contributed by atoms with E-state index in [1.54, 1.807) is 0 Å². The fourth-order valence-electron chi connectivity index (χ4n) is 3.72. The normalized spacial score (nSPS) is 10.9. The first-order valence-corrected chi connectivity index (χ1v) is 9.12. The van der Waals surface area contributed by atoms with Crippen LogP contribution >= 0.6 is 0 Å². The van der Waals surface area contributed by atoms with Crippen molar-refractivity contribution < 1.29 is 4.57 Å². The zero-order valence-corrected chi connectivity index (χ0v) is 16.1. The molecule has 4 rings (SSSR count). The molecule has 3 aromatic carbocycles. The molecule has 0 atom stereocenters. The minimum absolute atomic E-state index is 0.745. The van der Waals surface area contributed by atoms with Gasteiger partial charge in [-0.25, -0.2) is 9.13 Å². The molecule has 0 saturated heterocycles. The summed E-state index contributed by atoms with van der Waals surface area (Å²) in [5.74, 6) is 1.08. The Morgan fingerprint density at radius 3 is 1.46 bits per heavy atom. The standard InChI is InChI=1S/C23H23N5/c1-27-21(15-3-9-18(24)10-4-15)22(16-5-11-19(25)12-6-16)28(2)23(27)17-7-13-20(26)14-8-17/h3-14,26H,24-25H2,1-2H3/p+1. The van der Waals surface area contributed by atoms with Crippen molar-refractivity contribution in [3.05, 3.63) is 72.8 Å². The molecule has 1 aromatic heterocycles. The van der Waals surface area contributed by atoms with Crippen LogP contribution in [0, 0.1) is 0 Å². The number of imidazole rings is 1. The molecule has 5 heteroatoms. The number of rotatable bonds is 3. The van der Waals surface area contributed by atoms with Crippen molar-refractivity contribution in [3.63, 3.8) is 0 Å². The molecule has 28 heavy (non-hydrogen) atoms. The van der Waals surface area contributed by atoms with Crippen LogP contribution in [-0.4, -0.2) is 4.57 Å². The number of nitrogen functional groups attached to an aromatic ring is 3. The number of nitrogens with two attached hydrogens (primary N) is 3. The number of anilines is 3. The maximum Gasteiger partial charge on any atom is 0.289 e. The lowest BCUT2D eigenvalue weighted by atomic mass is 10.0. The third-order valence-corrected chi connectivity index (χ3v) is 5.07. The van der Waals surface area contributed by atoms with Crippen LogP contribution in [0.15, 0.2) is 72.8 Å². The number of hydrogen-bond acceptors (Lipinski definition) is 3. The van der Waals surface area contributed by atoms with E-state index in [-0.39, 0.29) is 0 Å². The molecule has 4 aromatic rings. The van der Waals surface area contributed by atoms with Crippen molar-refractivity contribution in [2.45, 2.75) is 0 Å². The molecule has 0 saturated carbocycles. The monoisotopic (exact) mass is 370 g/mol. The van der Waals surface area contributed by atoms with E-state index in [2.05, 4.69) is 47.5 Å². The molecule has 140 valence electrons. The Morgan fingerprint density at radius 2 is 1.00 bits per heavy atom. The zero-order chi connectivity index (χ0) is 19.8. The van der Waals surface area contributed by atoms with Gasteiger partial charge < -0.3 is 17.2 Å². The van der Waals surface area contributed by atoms with Crippen LogP contribution in [0.4, 0.5) is 17.1 Å². The summed E-state index contributed by atoms with van der Waals surface area (Å²) in [7, 11) is 4.16. The molecule has 0 fully saturated rings. The van der Waals surface area contributed by atoms with Crippen molar-refractivity contribution in [1.82, 2.24) is 4.57 Å². The molecule has 0 bridgehead atoms. The Bertz CT molecular complexity index is 1050. The van der Waals surface area contributed by atoms with E-state index >= 15 is 0 Å². The Morgan fingerprint density at radius 1 is 0.607 bits per heavy atom. The first-order chi connectivity index (χ1) is 13.5. The quantitative estimate of drug-likeness (QED) is 0.380. The van der Waals surface area contributed by atoms with Gasteiger partial charge in [-0.15, -0.1) is 0 Å². The van der Waals surface area contributed by atoms with Gasteiger partial charge in [0.1, 0.15) is 0 Å². The van der Waals surface area contributed by atoms with E-state index in [0.29, 0.717) is 0 Å². The van der Waals surface area contributed by atoms with Gasteiger partial charge in [-0.3, -0.25) is 0 Å². The summed E-state index contributed by atoms with van der Waals surface area (Å²) in [5.41, 5.74) is 25.5. The summed E-state index contributed by atoms with van der Waals surface area (Å²) in [4.78, 5) is 0. The van der Waals surface area contributed by atoms with E-state index < -0.39 is 0 Å². The Kier molecular flexibility index (Phi) is 4.28. The minimum atomic E-state index is 0.745. The second-order valence-electron chi connectivity index (χ2n) is 7.00. The molecule has 5 nitrogen and oxygen atoms in total. The van der Waals surface area contributed by atoms with Crippen LogP contribution in [0.3, 0.4) is 0 Å². The molecule has 0 aliphatic heterocycles. The third kappa shape index (κ3) is 2.97. The summed E-state index contributed by atoms with van der Waals surface area (Å²) < 4.78 is 4.42. The average molecular weight is 370 g/mol. The summed E-state index contributed by atoms with van der Waals surface area (Å²) in [5, 5.41) is 0. The van der Waals surface area contributed by atoms with Gasteiger partial charge >= 0.3 is 0 Å². The van der Waals surface area contributed by atoms with Crippen molar-refractivity contribution in [1.29, 1.82) is 0 Å². The van der Waals surface area contributed by atoms with Gasteiger partial charge in [0.15, 0.2) is 11.4 Å². The number of aromatic nitrogens is 2. The topological polar surface area (TPSA) is 86.9 Å². The lowest BCUT2D eigenvalue weighted by Crippen LogP contribution is -2.32. The van der Waals surface area contributed by atoms with Crippen molar-refractivity contribution in [2.75, 3.05) is 17.2 Å². The lowest BCUT2D eigenvalue weighted by Gasteiger charge is -2.04. The Balaban J connectivity index is 2.02. The smallest absolute Gasteiger partial charge is 0.289 e. The van der Waals surface area contributed by atoms with Crippen LogP contribution in [0.5, 0.6) is 0 Å². The number of hydrogen-bond donors (Lipinski definition) is 3. The van der Waals surface area contributed by atoms with Gasteiger partial charge in [0, 0.05) is 28.2 Å². The van der Waals surface area contributed by atoms with E-state index in [1.807, 2.05) is 48.5 Å². The van der Waals surface area contributed by atoms with Crippen molar-refractivity contribution >= 4 is 17.1 Å². The van der Waals surface area contributed by atoms with Crippen LogP contribution in [0.2, 0.25) is 0 Å².